The van der Waals surface area contributed by atoms with Gasteiger partial charge in [0.05, 0.1) is 5.41 Å². The molecule has 6 nitrogen and oxygen atoms in total. The third-order valence-electron chi connectivity index (χ3n) is 5.27. The molecule has 1 saturated heterocycles. The van der Waals surface area contributed by atoms with Gasteiger partial charge >= 0.3 is 0 Å². The minimum absolute atomic E-state index is 0.155. The number of likely N-dealkylation sites (tertiary alicyclic amines) is 1. The number of carbonyl (C=O) groups is 1. The predicted octanol–water partition coefficient (Wildman–Crippen LogP) is 3.70. The fourth-order valence-corrected chi connectivity index (χ4v) is 4.39. The van der Waals surface area contributed by atoms with E-state index < -0.39 is 10.0 Å². The van der Waals surface area contributed by atoms with Crippen LogP contribution in [-0.2, 0) is 10.0 Å². The number of anilines is 1. The quantitative estimate of drug-likeness (QED) is 0.673. The summed E-state index contributed by atoms with van der Waals surface area (Å²) in [7, 11) is -3.63. The highest BCUT2D eigenvalue weighted by Crippen LogP contribution is 2.16. The second-order valence-corrected chi connectivity index (χ2v) is 9.14. The van der Waals surface area contributed by atoms with Crippen LogP contribution in [0.25, 0.3) is 6.08 Å². The zero-order chi connectivity index (χ0) is 21.4. The van der Waals surface area contributed by atoms with Gasteiger partial charge in [-0.1, -0.05) is 36.8 Å². The zero-order valence-electron chi connectivity index (χ0n) is 17.3. The Morgan fingerprint density at radius 2 is 1.83 bits per heavy atom. The van der Waals surface area contributed by atoms with Gasteiger partial charge in [0.15, 0.2) is 0 Å². The zero-order valence-corrected chi connectivity index (χ0v) is 18.1. The van der Waals surface area contributed by atoms with E-state index in [2.05, 4.69) is 21.9 Å². The molecule has 1 aliphatic heterocycles. The van der Waals surface area contributed by atoms with Crippen LogP contribution in [0.4, 0.5) is 5.69 Å². The van der Waals surface area contributed by atoms with E-state index in [9.17, 15) is 13.2 Å². The lowest BCUT2D eigenvalue weighted by Gasteiger charge is -2.33. The monoisotopic (exact) mass is 427 g/mol. The van der Waals surface area contributed by atoms with Gasteiger partial charge in [0, 0.05) is 30.4 Å². The summed E-state index contributed by atoms with van der Waals surface area (Å²) in [4.78, 5) is 14.8. The molecule has 0 radical (unpaired) electrons. The van der Waals surface area contributed by atoms with Crippen LogP contribution in [0.3, 0.4) is 0 Å². The molecule has 160 valence electrons. The van der Waals surface area contributed by atoms with Gasteiger partial charge in [-0.2, -0.15) is 0 Å². The molecule has 0 spiro atoms. The van der Waals surface area contributed by atoms with Crippen molar-refractivity contribution in [1.29, 1.82) is 0 Å². The molecule has 1 aliphatic rings. The van der Waals surface area contributed by atoms with Gasteiger partial charge in [-0.15, -0.1) is 0 Å². The van der Waals surface area contributed by atoms with Gasteiger partial charge in [0.2, 0.25) is 0 Å². The molecule has 0 aliphatic carbocycles. The molecule has 1 unspecified atom stereocenters. The van der Waals surface area contributed by atoms with E-state index in [0.29, 0.717) is 23.8 Å². The SMILES string of the molecule is CC1CCCCN1CCNC(=O)c1ccc(NS(=O)(=O)/C=C/c2ccccc2)cc1. The van der Waals surface area contributed by atoms with E-state index in [1.54, 1.807) is 24.3 Å². The molecular formula is C23H29N3O3S. The van der Waals surface area contributed by atoms with Crippen molar-refractivity contribution < 1.29 is 13.2 Å². The first kappa shape index (κ1) is 22.1. The first-order chi connectivity index (χ1) is 14.4. The third-order valence-corrected chi connectivity index (χ3v) is 6.29. The van der Waals surface area contributed by atoms with Crippen molar-refractivity contribution in [3.05, 3.63) is 71.1 Å². The van der Waals surface area contributed by atoms with E-state index in [-0.39, 0.29) is 5.91 Å². The summed E-state index contributed by atoms with van der Waals surface area (Å²) in [6.45, 7) is 4.76. The second kappa shape index (κ2) is 10.4. The van der Waals surface area contributed by atoms with Crippen LogP contribution in [0.5, 0.6) is 0 Å². The number of hydrogen-bond donors (Lipinski definition) is 2. The van der Waals surface area contributed by atoms with Crippen LogP contribution in [0, 0.1) is 0 Å². The number of nitrogens with zero attached hydrogens (tertiary/aromatic N) is 1. The highest BCUT2D eigenvalue weighted by molar-refractivity contribution is 7.95. The molecule has 0 bridgehead atoms. The molecule has 30 heavy (non-hydrogen) atoms. The first-order valence-corrected chi connectivity index (χ1v) is 11.9. The number of hydrogen-bond acceptors (Lipinski definition) is 4. The summed E-state index contributed by atoms with van der Waals surface area (Å²) in [6.07, 6.45) is 5.25. The summed E-state index contributed by atoms with van der Waals surface area (Å²) >= 11 is 0. The molecule has 2 aromatic rings. The van der Waals surface area contributed by atoms with Crippen molar-refractivity contribution in [3.63, 3.8) is 0 Å². The summed E-state index contributed by atoms with van der Waals surface area (Å²) in [5.41, 5.74) is 1.71. The number of nitrogens with one attached hydrogen (secondary N) is 2. The van der Waals surface area contributed by atoms with Crippen molar-refractivity contribution in [2.75, 3.05) is 24.4 Å². The van der Waals surface area contributed by atoms with Gasteiger partial charge in [-0.05, 0) is 62.2 Å². The third kappa shape index (κ3) is 6.71. The highest BCUT2D eigenvalue weighted by Gasteiger charge is 2.17. The van der Waals surface area contributed by atoms with Gasteiger partial charge in [-0.3, -0.25) is 14.4 Å². The molecule has 2 aromatic carbocycles. The van der Waals surface area contributed by atoms with Crippen molar-refractivity contribution >= 4 is 27.7 Å². The van der Waals surface area contributed by atoms with Crippen LogP contribution in [-0.4, -0.2) is 44.9 Å². The average molecular weight is 428 g/mol. The Balaban J connectivity index is 1.50. The Labute approximate surface area is 179 Å². The van der Waals surface area contributed by atoms with Crippen LogP contribution in [0.2, 0.25) is 0 Å². The minimum Gasteiger partial charge on any atom is -0.351 e. The Morgan fingerprint density at radius 3 is 2.53 bits per heavy atom. The molecule has 1 amide bonds. The fourth-order valence-electron chi connectivity index (χ4n) is 3.53. The maximum absolute atomic E-state index is 12.3. The first-order valence-electron chi connectivity index (χ1n) is 10.3. The highest BCUT2D eigenvalue weighted by atomic mass is 32.2. The van der Waals surface area contributed by atoms with Crippen LogP contribution < -0.4 is 10.0 Å². The van der Waals surface area contributed by atoms with Gasteiger partial charge in [-0.25, -0.2) is 8.42 Å². The maximum atomic E-state index is 12.3. The molecule has 1 fully saturated rings. The van der Waals surface area contributed by atoms with Gasteiger partial charge in [0.1, 0.15) is 0 Å². The molecule has 3 rings (SSSR count). The average Bonchev–Trinajstić information content (AvgIpc) is 2.75. The van der Waals surface area contributed by atoms with Gasteiger partial charge < -0.3 is 5.32 Å². The molecule has 1 atom stereocenters. The number of amides is 1. The molecule has 0 aromatic heterocycles. The Hall–Kier alpha value is -2.64. The van der Waals surface area contributed by atoms with Crippen LogP contribution in [0.1, 0.15) is 42.1 Å². The van der Waals surface area contributed by atoms with Gasteiger partial charge in [0.25, 0.3) is 15.9 Å². The lowest BCUT2D eigenvalue weighted by atomic mass is 10.0. The van der Waals surface area contributed by atoms with E-state index in [4.69, 9.17) is 0 Å². The Bertz CT molecular complexity index is 957. The molecule has 2 N–H and O–H groups in total. The Morgan fingerprint density at radius 1 is 1.10 bits per heavy atom. The second-order valence-electron chi connectivity index (χ2n) is 7.57. The van der Waals surface area contributed by atoms with Crippen molar-refractivity contribution in [1.82, 2.24) is 10.2 Å². The van der Waals surface area contributed by atoms with Crippen LogP contribution >= 0.6 is 0 Å². The smallest absolute Gasteiger partial charge is 0.255 e. The largest absolute Gasteiger partial charge is 0.351 e. The number of benzene rings is 2. The standard InChI is InChI=1S/C23H29N3O3S/c1-19-7-5-6-16-26(19)17-15-24-23(27)21-10-12-22(13-11-21)25-30(28,29)18-14-20-8-3-2-4-9-20/h2-4,8-14,18-19,25H,5-7,15-17H2,1H3,(H,24,27)/b18-14+. The maximum Gasteiger partial charge on any atom is 0.255 e. The topological polar surface area (TPSA) is 78.5 Å². The van der Waals surface area contributed by atoms with E-state index in [1.165, 1.54) is 25.3 Å². The van der Waals surface area contributed by atoms with Crippen molar-refractivity contribution in [3.8, 4) is 0 Å². The normalized spacial score (nSPS) is 17.7. The molecule has 1 heterocycles. The Kier molecular flexibility index (Phi) is 7.65. The fraction of sp³-hybridized carbons (Fsp3) is 0.348. The molecular weight excluding hydrogens is 398 g/mol. The number of carbonyl (C=O) groups excluding carboxylic acids is 1. The summed E-state index contributed by atoms with van der Waals surface area (Å²) in [5.74, 6) is -0.155. The number of piperidine rings is 1. The minimum atomic E-state index is -3.63. The number of rotatable bonds is 8. The lowest BCUT2D eigenvalue weighted by molar-refractivity contribution is 0.0938. The van der Waals surface area contributed by atoms with E-state index in [1.807, 2.05) is 30.3 Å². The van der Waals surface area contributed by atoms with E-state index >= 15 is 0 Å². The summed E-state index contributed by atoms with van der Waals surface area (Å²) in [6, 6.07) is 16.2. The van der Waals surface area contributed by atoms with Crippen molar-refractivity contribution in [2.24, 2.45) is 0 Å². The molecule has 0 saturated carbocycles. The molecule has 7 heteroatoms. The van der Waals surface area contributed by atoms with E-state index in [0.717, 1.165) is 24.1 Å². The lowest BCUT2D eigenvalue weighted by Crippen LogP contribution is -2.42. The summed E-state index contributed by atoms with van der Waals surface area (Å²) < 4.78 is 26.9. The predicted molar refractivity (Wildman–Crippen MR) is 122 cm³/mol. The van der Waals surface area contributed by atoms with Crippen molar-refractivity contribution in [2.45, 2.75) is 32.2 Å². The van der Waals surface area contributed by atoms with Crippen LogP contribution in [0.15, 0.2) is 60.0 Å². The number of sulfonamides is 1. The summed E-state index contributed by atoms with van der Waals surface area (Å²) in [5, 5.41) is 4.07.